The van der Waals surface area contributed by atoms with Crippen LogP contribution in [0.3, 0.4) is 0 Å². The number of hydrogen-bond acceptors (Lipinski definition) is 2. The maximum Gasteiger partial charge on any atom is 0.245 e. The van der Waals surface area contributed by atoms with Crippen LogP contribution in [0.25, 0.3) is 0 Å². The van der Waals surface area contributed by atoms with Gasteiger partial charge >= 0.3 is 0 Å². The number of rotatable bonds is 11. The van der Waals surface area contributed by atoms with E-state index in [4.69, 9.17) is 9.47 Å². The van der Waals surface area contributed by atoms with Crippen LogP contribution in [-0.2, 0) is 36.0 Å². The monoisotopic (exact) mass is 378 g/mol. The molecular formula is C16H28Cl2N4O2. The Balaban J connectivity index is 0.00000264. The molecule has 0 radical (unpaired) electrons. The van der Waals surface area contributed by atoms with Gasteiger partial charge in [-0.1, -0.05) is 13.8 Å². The van der Waals surface area contributed by atoms with Crippen molar-refractivity contribution in [3.63, 3.8) is 0 Å². The zero-order valence-corrected chi connectivity index (χ0v) is 16.0. The van der Waals surface area contributed by atoms with E-state index in [0.717, 1.165) is 25.9 Å². The lowest BCUT2D eigenvalue weighted by atomic mass is 10.5. The molecular weight excluding hydrogens is 351 g/mol. The van der Waals surface area contributed by atoms with E-state index >= 15 is 0 Å². The van der Waals surface area contributed by atoms with Crippen molar-refractivity contribution in [3.05, 3.63) is 37.4 Å². The van der Waals surface area contributed by atoms with Crippen LogP contribution in [0.5, 0.6) is 0 Å². The van der Waals surface area contributed by atoms with Gasteiger partial charge in [-0.2, -0.15) is 0 Å². The molecule has 0 aliphatic rings. The Bertz CT molecular complexity index is 497. The van der Waals surface area contributed by atoms with Gasteiger partial charge < -0.3 is 34.3 Å². The maximum absolute atomic E-state index is 5.60. The smallest absolute Gasteiger partial charge is 0.245 e. The zero-order chi connectivity index (χ0) is 15.6. The van der Waals surface area contributed by atoms with Gasteiger partial charge in [0.25, 0.3) is 0 Å². The van der Waals surface area contributed by atoms with Gasteiger partial charge in [0, 0.05) is 0 Å². The number of aromatic nitrogens is 4. The molecule has 0 spiro atoms. The highest BCUT2D eigenvalue weighted by atomic mass is 35.5. The van der Waals surface area contributed by atoms with Crippen molar-refractivity contribution in [2.45, 2.75) is 53.2 Å². The highest BCUT2D eigenvalue weighted by Crippen LogP contribution is 1.89. The molecule has 2 aromatic heterocycles. The molecule has 6 nitrogen and oxygen atoms in total. The summed E-state index contributed by atoms with van der Waals surface area (Å²) in [7, 11) is 0. The molecule has 0 amide bonds. The minimum Gasteiger partial charge on any atom is -1.00 e. The van der Waals surface area contributed by atoms with E-state index in [2.05, 4.69) is 48.0 Å². The summed E-state index contributed by atoms with van der Waals surface area (Å²) in [5, 5.41) is 0. The van der Waals surface area contributed by atoms with Crippen molar-refractivity contribution >= 4 is 0 Å². The van der Waals surface area contributed by atoms with Gasteiger partial charge in [0.05, 0.1) is 26.3 Å². The number of nitrogens with zero attached hydrogens (tertiary/aromatic N) is 4. The number of hydrogen-bond donors (Lipinski definition) is 0. The Hall–Kier alpha value is -1.08. The summed E-state index contributed by atoms with van der Waals surface area (Å²) in [5.74, 6) is 0. The van der Waals surface area contributed by atoms with E-state index in [1.54, 1.807) is 0 Å². The molecule has 0 saturated heterocycles. The SMILES string of the molecule is CCCn1cc[n+](COCCOC[n+]2ccn(CCC)c2)c1.[Cl-].[Cl-]. The fourth-order valence-electron chi connectivity index (χ4n) is 2.27. The van der Waals surface area contributed by atoms with Crippen molar-refractivity contribution in [2.24, 2.45) is 0 Å². The van der Waals surface area contributed by atoms with E-state index in [-0.39, 0.29) is 24.8 Å². The van der Waals surface area contributed by atoms with Crippen molar-refractivity contribution < 1.29 is 43.4 Å². The second-order valence-electron chi connectivity index (χ2n) is 5.41. The molecule has 0 aliphatic carbocycles. The minimum atomic E-state index is 0. The van der Waals surface area contributed by atoms with Crippen LogP contribution in [0.15, 0.2) is 37.4 Å². The Morgan fingerprint density at radius 2 is 1.17 bits per heavy atom. The molecule has 2 rings (SSSR count). The zero-order valence-electron chi connectivity index (χ0n) is 14.5. The molecule has 24 heavy (non-hydrogen) atoms. The second kappa shape index (κ2) is 13.2. The summed E-state index contributed by atoms with van der Waals surface area (Å²) >= 11 is 0. The first kappa shape index (κ1) is 22.9. The number of imidazole rings is 2. The predicted molar refractivity (Wildman–Crippen MR) is 81.7 cm³/mol. The molecule has 0 bridgehead atoms. The van der Waals surface area contributed by atoms with E-state index in [0.29, 0.717) is 26.7 Å². The van der Waals surface area contributed by atoms with E-state index < -0.39 is 0 Å². The Morgan fingerprint density at radius 1 is 0.750 bits per heavy atom. The van der Waals surface area contributed by atoms with Crippen LogP contribution in [0, 0.1) is 0 Å². The second-order valence-corrected chi connectivity index (χ2v) is 5.41. The van der Waals surface area contributed by atoms with E-state index in [1.807, 2.05) is 21.5 Å². The highest BCUT2D eigenvalue weighted by Gasteiger charge is 2.04. The topological polar surface area (TPSA) is 36.1 Å². The molecule has 0 aromatic carbocycles. The molecule has 0 unspecified atom stereocenters. The van der Waals surface area contributed by atoms with E-state index in [1.165, 1.54) is 0 Å². The van der Waals surface area contributed by atoms with Gasteiger partial charge in [-0.3, -0.25) is 0 Å². The van der Waals surface area contributed by atoms with Gasteiger partial charge in [-0.25, -0.2) is 18.3 Å². The molecule has 0 aliphatic heterocycles. The number of halogens is 2. The molecule has 0 saturated carbocycles. The van der Waals surface area contributed by atoms with Crippen molar-refractivity contribution in [1.82, 2.24) is 9.13 Å². The fraction of sp³-hybridized carbons (Fsp3) is 0.625. The first-order valence-electron chi connectivity index (χ1n) is 8.07. The highest BCUT2D eigenvalue weighted by molar-refractivity contribution is 4.65. The summed E-state index contributed by atoms with van der Waals surface area (Å²) in [5.41, 5.74) is 0. The first-order valence-corrected chi connectivity index (χ1v) is 8.07. The van der Waals surface area contributed by atoms with Gasteiger partial charge in [-0.05, 0) is 12.8 Å². The first-order chi connectivity index (χ1) is 10.8. The van der Waals surface area contributed by atoms with Crippen LogP contribution in [-0.4, -0.2) is 22.3 Å². The van der Waals surface area contributed by atoms with Crippen molar-refractivity contribution in [2.75, 3.05) is 13.2 Å². The Morgan fingerprint density at radius 3 is 1.54 bits per heavy atom. The third-order valence-electron chi connectivity index (χ3n) is 3.31. The van der Waals surface area contributed by atoms with Gasteiger partial charge in [-0.15, -0.1) is 0 Å². The van der Waals surface area contributed by atoms with Crippen LogP contribution in [0.1, 0.15) is 26.7 Å². The Kier molecular flexibility index (Phi) is 12.6. The van der Waals surface area contributed by atoms with Crippen molar-refractivity contribution in [1.29, 1.82) is 0 Å². The molecule has 0 N–H and O–H groups in total. The van der Waals surface area contributed by atoms with Crippen LogP contribution < -0.4 is 33.9 Å². The van der Waals surface area contributed by atoms with Crippen LogP contribution >= 0.6 is 0 Å². The third-order valence-corrected chi connectivity index (χ3v) is 3.31. The predicted octanol–water partition coefficient (Wildman–Crippen LogP) is -4.66. The maximum atomic E-state index is 5.60. The molecule has 0 atom stereocenters. The third kappa shape index (κ3) is 8.15. The largest absolute Gasteiger partial charge is 1.00 e. The summed E-state index contributed by atoms with van der Waals surface area (Å²) in [6.45, 7) is 8.78. The quantitative estimate of drug-likeness (QED) is 0.291. The fourth-order valence-corrected chi connectivity index (χ4v) is 2.27. The van der Waals surface area contributed by atoms with Crippen LogP contribution in [0.2, 0.25) is 0 Å². The molecule has 8 heteroatoms. The molecule has 0 fully saturated rings. The van der Waals surface area contributed by atoms with E-state index in [9.17, 15) is 0 Å². The minimum absolute atomic E-state index is 0. The summed E-state index contributed by atoms with van der Waals surface area (Å²) in [6, 6.07) is 0. The average Bonchev–Trinajstić information content (AvgIpc) is 3.13. The summed E-state index contributed by atoms with van der Waals surface area (Å²) < 4.78 is 19.6. The van der Waals surface area contributed by atoms with Gasteiger partial charge in [0.1, 0.15) is 24.8 Å². The van der Waals surface area contributed by atoms with Crippen molar-refractivity contribution in [3.8, 4) is 0 Å². The normalized spacial score (nSPS) is 10.2. The lowest BCUT2D eigenvalue weighted by Gasteiger charge is -2.02. The lowest BCUT2D eigenvalue weighted by molar-refractivity contribution is -0.737. The molecule has 2 aromatic rings. The van der Waals surface area contributed by atoms with Gasteiger partial charge in [0.2, 0.25) is 12.7 Å². The van der Waals surface area contributed by atoms with Gasteiger partial charge in [0.15, 0.2) is 13.5 Å². The standard InChI is InChI=1S/C16H28N4O2.2ClH/c1-3-5-17-7-9-19(13-17)15-21-11-12-22-16-20-10-8-18(14-20)6-4-2;;/h7-10,13-14H,3-6,11-12,15-16H2,1-2H3;2*1H/q+2;;/p-2. The van der Waals surface area contributed by atoms with Crippen LogP contribution in [0.4, 0.5) is 0 Å². The summed E-state index contributed by atoms with van der Waals surface area (Å²) in [4.78, 5) is 0. The lowest BCUT2D eigenvalue weighted by Crippen LogP contribution is -3.00. The number of aryl methyl sites for hydroxylation is 2. The number of ether oxygens (including phenoxy) is 2. The molecule has 138 valence electrons. The molecule has 2 heterocycles. The Labute approximate surface area is 156 Å². The average molecular weight is 379 g/mol. The summed E-state index contributed by atoms with van der Waals surface area (Å²) in [6.07, 6.45) is 14.6.